The van der Waals surface area contributed by atoms with E-state index >= 15 is 0 Å². The van der Waals surface area contributed by atoms with Gasteiger partial charge in [0.05, 0.1) is 3.79 Å². The third-order valence-electron chi connectivity index (χ3n) is 3.13. The summed E-state index contributed by atoms with van der Waals surface area (Å²) in [6.07, 6.45) is 4.20. The molecule has 0 aromatic carbocycles. The Bertz CT molecular complexity index is 332. The Balaban J connectivity index is 1.51. The Morgan fingerprint density at radius 1 is 1.43 bits per heavy atom. The van der Waals surface area contributed by atoms with Crippen molar-refractivity contribution in [1.29, 1.82) is 0 Å². The molecule has 2 unspecified atom stereocenters. The summed E-state index contributed by atoms with van der Waals surface area (Å²) in [6.45, 7) is 1.24. The highest BCUT2D eigenvalue weighted by Gasteiger charge is 2.39. The van der Waals surface area contributed by atoms with Crippen LogP contribution in [0, 0.1) is 5.92 Å². The third kappa shape index (κ3) is 2.05. The Labute approximate surface area is 97.0 Å². The summed E-state index contributed by atoms with van der Waals surface area (Å²) in [4.78, 5) is 1.57. The molecule has 1 aromatic heterocycles. The normalized spacial score (nSPS) is 30.6. The van der Waals surface area contributed by atoms with Gasteiger partial charge in [0.25, 0.3) is 0 Å². The average Bonchev–Trinajstić information content (AvgIpc) is 3.06. The molecule has 1 N–H and O–H groups in total. The summed E-state index contributed by atoms with van der Waals surface area (Å²) in [5, 5.41) is 3.62. The monoisotopic (exact) mass is 271 g/mol. The van der Waals surface area contributed by atoms with Crippen LogP contribution in [0.25, 0.3) is 0 Å². The van der Waals surface area contributed by atoms with Crippen molar-refractivity contribution in [3.05, 3.63) is 20.8 Å². The van der Waals surface area contributed by atoms with E-state index in [0.29, 0.717) is 0 Å². The van der Waals surface area contributed by atoms with Gasteiger partial charge in [0.15, 0.2) is 0 Å². The average molecular weight is 272 g/mol. The molecular formula is C11H14BrNS. The molecule has 0 bridgehead atoms. The molecule has 2 atom stereocenters. The quantitative estimate of drug-likeness (QED) is 0.886. The molecule has 1 nitrogen and oxygen atoms in total. The Morgan fingerprint density at radius 2 is 2.29 bits per heavy atom. The van der Waals surface area contributed by atoms with E-state index in [2.05, 4.69) is 33.4 Å². The summed E-state index contributed by atoms with van der Waals surface area (Å²) < 4.78 is 1.27. The zero-order chi connectivity index (χ0) is 9.54. The van der Waals surface area contributed by atoms with Crippen LogP contribution >= 0.6 is 27.3 Å². The van der Waals surface area contributed by atoms with Gasteiger partial charge < -0.3 is 5.32 Å². The van der Waals surface area contributed by atoms with Crippen molar-refractivity contribution in [2.75, 3.05) is 6.54 Å². The lowest BCUT2D eigenvalue weighted by molar-refractivity contribution is 0.625. The number of hydrogen-bond donors (Lipinski definition) is 1. The summed E-state index contributed by atoms with van der Waals surface area (Å²) in [6, 6.07) is 5.31. The Kier molecular flexibility index (Phi) is 2.42. The molecule has 2 fully saturated rings. The summed E-state index contributed by atoms with van der Waals surface area (Å²) in [5.74, 6) is 1.78. The highest BCUT2D eigenvalue weighted by Crippen LogP contribution is 2.50. The Morgan fingerprint density at radius 3 is 2.93 bits per heavy atom. The molecule has 76 valence electrons. The van der Waals surface area contributed by atoms with E-state index in [0.717, 1.165) is 17.9 Å². The van der Waals surface area contributed by atoms with Crippen molar-refractivity contribution < 1.29 is 0 Å². The molecule has 0 amide bonds. The lowest BCUT2D eigenvalue weighted by Crippen LogP contribution is -2.19. The lowest BCUT2D eigenvalue weighted by Gasteiger charge is -1.99. The van der Waals surface area contributed by atoms with Crippen LogP contribution in [0.2, 0.25) is 0 Å². The fourth-order valence-corrected chi connectivity index (χ4v) is 3.59. The van der Waals surface area contributed by atoms with Crippen LogP contribution in [0.3, 0.4) is 0 Å². The van der Waals surface area contributed by atoms with E-state index in [9.17, 15) is 0 Å². The van der Waals surface area contributed by atoms with Crippen LogP contribution in [0.1, 0.15) is 30.1 Å². The molecular weight excluding hydrogens is 258 g/mol. The standard InChI is InChI=1S/C11H14BrNS/c12-11-4-3-10(14-11)9-5-7(9)6-13-8-1-2-8/h3-4,7-9,13H,1-2,5-6H2. The highest BCUT2D eigenvalue weighted by molar-refractivity contribution is 9.11. The van der Waals surface area contributed by atoms with E-state index in [4.69, 9.17) is 0 Å². The van der Waals surface area contributed by atoms with Gasteiger partial charge in [-0.25, -0.2) is 0 Å². The van der Waals surface area contributed by atoms with Gasteiger partial charge >= 0.3 is 0 Å². The number of thiophene rings is 1. The second-order valence-electron chi connectivity index (χ2n) is 4.43. The number of hydrogen-bond acceptors (Lipinski definition) is 2. The van der Waals surface area contributed by atoms with Crippen molar-refractivity contribution in [2.45, 2.75) is 31.2 Å². The van der Waals surface area contributed by atoms with Gasteiger partial charge in [-0.3, -0.25) is 0 Å². The maximum absolute atomic E-state index is 3.62. The fraction of sp³-hybridized carbons (Fsp3) is 0.636. The van der Waals surface area contributed by atoms with Crippen molar-refractivity contribution in [1.82, 2.24) is 5.32 Å². The first-order valence-electron chi connectivity index (χ1n) is 5.31. The zero-order valence-corrected chi connectivity index (χ0v) is 10.4. The van der Waals surface area contributed by atoms with Gasteiger partial charge in [-0.15, -0.1) is 11.3 Å². The zero-order valence-electron chi connectivity index (χ0n) is 8.00. The Hall–Kier alpha value is 0.140. The molecule has 2 aliphatic rings. The third-order valence-corrected chi connectivity index (χ3v) is 4.88. The van der Waals surface area contributed by atoms with E-state index < -0.39 is 0 Å². The molecule has 0 spiro atoms. The van der Waals surface area contributed by atoms with Crippen LogP contribution in [0.15, 0.2) is 15.9 Å². The minimum absolute atomic E-state index is 0.859. The predicted molar refractivity (Wildman–Crippen MR) is 63.9 cm³/mol. The molecule has 14 heavy (non-hydrogen) atoms. The van der Waals surface area contributed by atoms with E-state index in [1.165, 1.54) is 29.6 Å². The number of rotatable bonds is 4. The van der Waals surface area contributed by atoms with E-state index in [-0.39, 0.29) is 0 Å². The fourth-order valence-electron chi connectivity index (χ4n) is 1.95. The summed E-state index contributed by atoms with van der Waals surface area (Å²) in [7, 11) is 0. The molecule has 3 rings (SSSR count). The maximum Gasteiger partial charge on any atom is 0.0701 e. The van der Waals surface area contributed by atoms with Gasteiger partial charge in [0.1, 0.15) is 0 Å². The topological polar surface area (TPSA) is 12.0 Å². The van der Waals surface area contributed by atoms with Crippen molar-refractivity contribution in [3.63, 3.8) is 0 Å². The largest absolute Gasteiger partial charge is 0.314 e. The first kappa shape index (κ1) is 9.37. The smallest absolute Gasteiger partial charge is 0.0701 e. The highest BCUT2D eigenvalue weighted by atomic mass is 79.9. The first-order valence-corrected chi connectivity index (χ1v) is 6.92. The predicted octanol–water partition coefficient (Wildman–Crippen LogP) is 3.37. The molecule has 1 aromatic rings. The summed E-state index contributed by atoms with van der Waals surface area (Å²) in [5.41, 5.74) is 0. The molecule has 3 heteroatoms. The minimum atomic E-state index is 0.859. The van der Waals surface area contributed by atoms with Gasteiger partial charge in [-0.05, 0) is 65.7 Å². The van der Waals surface area contributed by atoms with E-state index in [1.54, 1.807) is 4.88 Å². The van der Waals surface area contributed by atoms with Crippen molar-refractivity contribution in [3.8, 4) is 0 Å². The SMILES string of the molecule is Brc1ccc(C2CC2CNC2CC2)s1. The molecule has 2 saturated carbocycles. The van der Waals surface area contributed by atoms with Crippen LogP contribution < -0.4 is 5.32 Å². The molecule has 0 radical (unpaired) electrons. The van der Waals surface area contributed by atoms with Crippen LogP contribution in [-0.4, -0.2) is 12.6 Å². The number of nitrogens with one attached hydrogen (secondary N) is 1. The first-order chi connectivity index (χ1) is 6.83. The summed E-state index contributed by atoms with van der Waals surface area (Å²) >= 11 is 5.42. The van der Waals surface area contributed by atoms with Crippen molar-refractivity contribution >= 4 is 27.3 Å². The second-order valence-corrected chi connectivity index (χ2v) is 6.92. The van der Waals surface area contributed by atoms with Crippen LogP contribution in [-0.2, 0) is 0 Å². The minimum Gasteiger partial charge on any atom is -0.314 e. The van der Waals surface area contributed by atoms with Crippen LogP contribution in [0.4, 0.5) is 0 Å². The molecule has 2 aliphatic carbocycles. The second kappa shape index (κ2) is 3.62. The molecule has 1 heterocycles. The van der Waals surface area contributed by atoms with Gasteiger partial charge in [-0.2, -0.15) is 0 Å². The van der Waals surface area contributed by atoms with E-state index in [1.807, 2.05) is 11.3 Å². The number of halogens is 1. The van der Waals surface area contributed by atoms with Gasteiger partial charge in [-0.1, -0.05) is 0 Å². The molecule has 0 saturated heterocycles. The van der Waals surface area contributed by atoms with Crippen molar-refractivity contribution in [2.24, 2.45) is 5.92 Å². The van der Waals surface area contributed by atoms with Crippen LogP contribution in [0.5, 0.6) is 0 Å². The van der Waals surface area contributed by atoms with Gasteiger partial charge in [0.2, 0.25) is 0 Å². The molecule has 0 aliphatic heterocycles. The maximum atomic E-state index is 3.62. The van der Waals surface area contributed by atoms with Gasteiger partial charge in [0, 0.05) is 10.9 Å². The lowest BCUT2D eigenvalue weighted by atomic mass is 10.2.